The summed E-state index contributed by atoms with van der Waals surface area (Å²) >= 11 is 0. The molecule has 1 amide bonds. The molecule has 4 heterocycles. The van der Waals surface area contributed by atoms with Crippen LogP contribution in [0, 0.1) is 0 Å². The second-order valence-electron chi connectivity index (χ2n) is 7.21. The molecule has 1 saturated heterocycles. The molecule has 9 nitrogen and oxygen atoms in total. The van der Waals surface area contributed by atoms with Crippen molar-refractivity contribution in [2.45, 2.75) is 0 Å². The zero-order chi connectivity index (χ0) is 21.2. The number of aromatic amines is 1. The zero-order valence-corrected chi connectivity index (χ0v) is 16.7. The number of hydrogen-bond acceptors (Lipinski definition) is 7. The number of amides is 1. The van der Waals surface area contributed by atoms with Crippen LogP contribution >= 0.6 is 0 Å². The second-order valence-corrected chi connectivity index (χ2v) is 7.21. The van der Waals surface area contributed by atoms with Crippen LogP contribution < -0.4 is 16.0 Å². The number of carbonyl (C=O) groups is 1. The van der Waals surface area contributed by atoms with Gasteiger partial charge >= 0.3 is 0 Å². The van der Waals surface area contributed by atoms with Crippen LogP contribution in [0.25, 0.3) is 22.4 Å². The van der Waals surface area contributed by atoms with Crippen molar-refractivity contribution >= 4 is 34.3 Å². The van der Waals surface area contributed by atoms with E-state index in [4.69, 9.17) is 20.4 Å². The Kier molecular flexibility index (Phi) is 4.93. The number of benzene rings is 1. The number of morpholine rings is 1. The maximum atomic E-state index is 12.5. The Labute approximate surface area is 178 Å². The molecule has 0 radical (unpaired) electrons. The number of pyridine rings is 1. The van der Waals surface area contributed by atoms with E-state index in [-0.39, 0.29) is 5.91 Å². The van der Waals surface area contributed by atoms with Gasteiger partial charge in [-0.05, 0) is 30.3 Å². The predicted octanol–water partition coefficient (Wildman–Crippen LogP) is 2.69. The molecule has 0 atom stereocenters. The fourth-order valence-electron chi connectivity index (χ4n) is 3.54. The average molecular weight is 415 g/mol. The molecule has 1 aromatic carbocycles. The lowest BCUT2D eigenvalue weighted by molar-refractivity contribution is 0.102. The number of carbonyl (C=O) groups excluding carboxylic acids is 1. The minimum absolute atomic E-state index is 0.263. The van der Waals surface area contributed by atoms with E-state index in [1.165, 1.54) is 6.20 Å². The van der Waals surface area contributed by atoms with Crippen LogP contribution in [0.4, 0.5) is 17.3 Å². The van der Waals surface area contributed by atoms with Crippen molar-refractivity contribution in [2.75, 3.05) is 42.3 Å². The lowest BCUT2D eigenvalue weighted by atomic mass is 10.1. The van der Waals surface area contributed by atoms with Crippen molar-refractivity contribution in [2.24, 2.45) is 0 Å². The molecule has 9 heteroatoms. The van der Waals surface area contributed by atoms with Crippen molar-refractivity contribution in [1.29, 1.82) is 0 Å². The van der Waals surface area contributed by atoms with Crippen molar-refractivity contribution in [1.82, 2.24) is 19.9 Å². The molecule has 0 unspecified atom stereocenters. The number of anilines is 3. The van der Waals surface area contributed by atoms with Gasteiger partial charge in [0.15, 0.2) is 11.6 Å². The third kappa shape index (κ3) is 3.90. The van der Waals surface area contributed by atoms with E-state index in [1.54, 1.807) is 12.1 Å². The van der Waals surface area contributed by atoms with E-state index >= 15 is 0 Å². The largest absolute Gasteiger partial charge is 0.384 e. The number of aromatic nitrogens is 4. The Hall–Kier alpha value is -3.98. The van der Waals surface area contributed by atoms with Gasteiger partial charge in [-0.2, -0.15) is 0 Å². The fraction of sp³-hybridized carbons (Fsp3) is 0.182. The number of rotatable bonds is 4. The van der Waals surface area contributed by atoms with Gasteiger partial charge in [0.2, 0.25) is 0 Å². The van der Waals surface area contributed by atoms with Gasteiger partial charge < -0.3 is 25.7 Å². The Morgan fingerprint density at radius 2 is 2.00 bits per heavy atom. The lowest BCUT2D eigenvalue weighted by Crippen LogP contribution is -2.37. The summed E-state index contributed by atoms with van der Waals surface area (Å²) in [5, 5.41) is 2.89. The van der Waals surface area contributed by atoms with Crippen molar-refractivity contribution in [3.63, 3.8) is 0 Å². The van der Waals surface area contributed by atoms with Gasteiger partial charge in [-0.1, -0.05) is 12.1 Å². The van der Waals surface area contributed by atoms with Gasteiger partial charge in [0.25, 0.3) is 5.91 Å². The Bertz CT molecular complexity index is 1230. The molecule has 4 aromatic rings. The van der Waals surface area contributed by atoms with Crippen LogP contribution in [-0.2, 0) is 4.74 Å². The second kappa shape index (κ2) is 8.04. The van der Waals surface area contributed by atoms with Crippen LogP contribution in [0.3, 0.4) is 0 Å². The first-order valence-corrected chi connectivity index (χ1v) is 9.98. The predicted molar refractivity (Wildman–Crippen MR) is 119 cm³/mol. The molecule has 31 heavy (non-hydrogen) atoms. The van der Waals surface area contributed by atoms with Gasteiger partial charge in [-0.25, -0.2) is 15.0 Å². The van der Waals surface area contributed by atoms with Crippen LogP contribution in [0.5, 0.6) is 0 Å². The molecular weight excluding hydrogens is 394 g/mol. The van der Waals surface area contributed by atoms with E-state index in [2.05, 4.69) is 20.2 Å². The summed E-state index contributed by atoms with van der Waals surface area (Å²) in [4.78, 5) is 31.5. The average Bonchev–Trinajstić information content (AvgIpc) is 3.28. The number of nitrogens with two attached hydrogens (primary N) is 1. The molecule has 1 fully saturated rings. The minimum atomic E-state index is -0.263. The number of hydrogen-bond donors (Lipinski definition) is 3. The number of nitrogens with one attached hydrogen (secondary N) is 2. The highest BCUT2D eigenvalue weighted by atomic mass is 16.5. The molecule has 0 bridgehead atoms. The molecule has 1 aliphatic rings. The smallest absolute Gasteiger partial charge is 0.257 e. The highest BCUT2D eigenvalue weighted by molar-refractivity contribution is 6.04. The summed E-state index contributed by atoms with van der Waals surface area (Å²) in [6.45, 7) is 2.89. The summed E-state index contributed by atoms with van der Waals surface area (Å²) in [6.07, 6.45) is 3.32. The molecule has 5 rings (SSSR count). The van der Waals surface area contributed by atoms with Crippen LogP contribution in [0.15, 0.2) is 54.9 Å². The fourth-order valence-corrected chi connectivity index (χ4v) is 3.54. The number of H-pyrrole nitrogens is 1. The van der Waals surface area contributed by atoms with Crippen LogP contribution in [0.2, 0.25) is 0 Å². The molecule has 0 spiro atoms. The summed E-state index contributed by atoms with van der Waals surface area (Å²) in [5.41, 5.74) is 9.23. The summed E-state index contributed by atoms with van der Waals surface area (Å²) in [5.74, 6) is 1.56. The Balaban J connectivity index is 1.46. The summed E-state index contributed by atoms with van der Waals surface area (Å²) in [7, 11) is 0. The SMILES string of the molecule is Nc1ccc(C(=O)Nc2cccc(-c3nc(N4CCOCC4)c4[nH]ccc4n3)c2)cn1. The van der Waals surface area contributed by atoms with Gasteiger partial charge in [0.1, 0.15) is 11.3 Å². The van der Waals surface area contributed by atoms with Gasteiger partial charge in [0, 0.05) is 36.7 Å². The van der Waals surface area contributed by atoms with E-state index in [0.717, 1.165) is 35.5 Å². The lowest BCUT2D eigenvalue weighted by Gasteiger charge is -2.28. The summed E-state index contributed by atoms with van der Waals surface area (Å²) < 4.78 is 5.48. The summed E-state index contributed by atoms with van der Waals surface area (Å²) in [6, 6.07) is 12.6. The maximum absolute atomic E-state index is 12.5. The van der Waals surface area contributed by atoms with Crippen molar-refractivity contribution in [3.05, 3.63) is 60.4 Å². The number of fused-ring (bicyclic) bond motifs is 1. The third-order valence-corrected chi connectivity index (χ3v) is 5.12. The Morgan fingerprint density at radius 3 is 2.81 bits per heavy atom. The van der Waals surface area contributed by atoms with Crippen molar-refractivity contribution < 1.29 is 9.53 Å². The van der Waals surface area contributed by atoms with Gasteiger partial charge in [-0.15, -0.1) is 0 Å². The standard InChI is InChI=1S/C22H21N7O2/c23-18-5-4-15(13-25-18)22(30)26-16-3-1-2-14(12-16)20-27-17-6-7-24-19(17)21(28-20)29-8-10-31-11-9-29/h1-7,12-13,24H,8-11H2,(H2,23,25)(H,26,30). The van der Waals surface area contributed by atoms with Gasteiger partial charge in [0.05, 0.1) is 24.3 Å². The molecule has 1 aliphatic heterocycles. The first kappa shape index (κ1) is 19.0. The zero-order valence-electron chi connectivity index (χ0n) is 16.7. The molecule has 0 aliphatic carbocycles. The van der Waals surface area contributed by atoms with Crippen LogP contribution in [0.1, 0.15) is 10.4 Å². The monoisotopic (exact) mass is 415 g/mol. The molecule has 0 saturated carbocycles. The highest BCUT2D eigenvalue weighted by Crippen LogP contribution is 2.28. The first-order valence-electron chi connectivity index (χ1n) is 9.98. The van der Waals surface area contributed by atoms with Gasteiger partial charge in [-0.3, -0.25) is 4.79 Å². The molecule has 156 valence electrons. The van der Waals surface area contributed by atoms with E-state index in [1.807, 2.05) is 36.5 Å². The minimum Gasteiger partial charge on any atom is -0.384 e. The molecular formula is C22H21N7O2. The van der Waals surface area contributed by atoms with E-state index in [9.17, 15) is 4.79 Å². The normalized spacial score (nSPS) is 14.0. The number of nitrogens with zero attached hydrogens (tertiary/aromatic N) is 4. The first-order chi connectivity index (χ1) is 15.2. The number of ether oxygens (including phenoxy) is 1. The molecule has 4 N–H and O–H groups in total. The maximum Gasteiger partial charge on any atom is 0.257 e. The van der Waals surface area contributed by atoms with Crippen LogP contribution in [-0.4, -0.2) is 52.1 Å². The van der Waals surface area contributed by atoms with Crippen molar-refractivity contribution in [3.8, 4) is 11.4 Å². The third-order valence-electron chi connectivity index (χ3n) is 5.12. The number of nitrogen functional groups attached to an aromatic ring is 1. The highest BCUT2D eigenvalue weighted by Gasteiger charge is 2.19. The Morgan fingerprint density at radius 1 is 1.13 bits per heavy atom. The quantitative estimate of drug-likeness (QED) is 0.468. The topological polar surface area (TPSA) is 122 Å². The van der Waals surface area contributed by atoms with E-state index in [0.29, 0.717) is 36.1 Å². The van der Waals surface area contributed by atoms with E-state index < -0.39 is 0 Å². The molecule has 3 aromatic heterocycles.